The van der Waals surface area contributed by atoms with Crippen molar-refractivity contribution >= 4 is 5.91 Å². The summed E-state index contributed by atoms with van der Waals surface area (Å²) < 4.78 is 5.26. The normalized spacial score (nSPS) is 18.9. The zero-order valence-corrected chi connectivity index (χ0v) is 11.6. The van der Waals surface area contributed by atoms with E-state index in [1.54, 1.807) is 0 Å². The van der Waals surface area contributed by atoms with E-state index in [0.717, 1.165) is 39.0 Å². The molecule has 0 spiro atoms. The lowest BCUT2D eigenvalue weighted by molar-refractivity contribution is -0.138. The summed E-state index contributed by atoms with van der Waals surface area (Å²) in [5.74, 6) is 0.0825. The van der Waals surface area contributed by atoms with Crippen molar-refractivity contribution in [3.05, 3.63) is 0 Å². The van der Waals surface area contributed by atoms with E-state index in [1.807, 2.05) is 18.7 Å². The van der Waals surface area contributed by atoms with Crippen molar-refractivity contribution in [3.8, 4) is 0 Å². The molecule has 1 amide bonds. The minimum absolute atomic E-state index is 0.0825. The summed E-state index contributed by atoms with van der Waals surface area (Å²) in [5.41, 5.74) is 0. The van der Waals surface area contributed by atoms with Gasteiger partial charge in [-0.15, -0.1) is 0 Å². The van der Waals surface area contributed by atoms with Gasteiger partial charge in [0.1, 0.15) is 6.61 Å². The Hall–Kier alpha value is -0.650. The van der Waals surface area contributed by atoms with Crippen molar-refractivity contribution in [3.63, 3.8) is 0 Å². The molecular formula is C13H26N2O3. The van der Waals surface area contributed by atoms with Crippen molar-refractivity contribution in [1.82, 2.24) is 9.80 Å². The Bertz CT molecular complexity index is 240. The summed E-state index contributed by atoms with van der Waals surface area (Å²) in [6, 6.07) is 0. The van der Waals surface area contributed by atoms with Crippen molar-refractivity contribution in [2.75, 3.05) is 45.9 Å². The molecule has 0 aromatic rings. The van der Waals surface area contributed by atoms with Gasteiger partial charge in [-0.25, -0.2) is 0 Å². The maximum absolute atomic E-state index is 11.8. The number of hydrogen-bond donors (Lipinski definition) is 1. The predicted octanol–water partition coefficient (Wildman–Crippen LogP) is 0.328. The fourth-order valence-electron chi connectivity index (χ4n) is 2.00. The number of carbonyl (C=O) groups is 1. The summed E-state index contributed by atoms with van der Waals surface area (Å²) >= 11 is 0. The molecule has 0 aromatic carbocycles. The van der Waals surface area contributed by atoms with Crippen LogP contribution in [-0.4, -0.2) is 72.9 Å². The maximum atomic E-state index is 11.8. The SMILES string of the molecule is CCCOCC(=O)N1CCN(C[C@@H](O)CC)CC1. The van der Waals surface area contributed by atoms with Crippen LogP contribution in [0.5, 0.6) is 0 Å². The highest BCUT2D eigenvalue weighted by Crippen LogP contribution is 2.04. The summed E-state index contributed by atoms with van der Waals surface area (Å²) in [7, 11) is 0. The summed E-state index contributed by atoms with van der Waals surface area (Å²) in [5, 5.41) is 9.59. The monoisotopic (exact) mass is 258 g/mol. The average Bonchev–Trinajstić information content (AvgIpc) is 2.39. The number of hydrogen-bond acceptors (Lipinski definition) is 4. The van der Waals surface area contributed by atoms with Crippen LogP contribution in [0.4, 0.5) is 0 Å². The van der Waals surface area contributed by atoms with Crippen LogP contribution in [0.2, 0.25) is 0 Å². The molecule has 1 heterocycles. The second-order valence-corrected chi connectivity index (χ2v) is 4.80. The molecule has 1 saturated heterocycles. The standard InChI is InChI=1S/C13H26N2O3/c1-3-9-18-11-13(17)15-7-5-14(6-8-15)10-12(16)4-2/h12,16H,3-11H2,1-2H3/t12-/m0/s1. The predicted molar refractivity (Wildman–Crippen MR) is 70.4 cm³/mol. The summed E-state index contributed by atoms with van der Waals surface area (Å²) in [6.45, 7) is 8.74. The van der Waals surface area contributed by atoms with Crippen molar-refractivity contribution < 1.29 is 14.6 Å². The second kappa shape index (κ2) is 8.45. The molecule has 0 unspecified atom stereocenters. The lowest BCUT2D eigenvalue weighted by Crippen LogP contribution is -2.51. The third-order valence-corrected chi connectivity index (χ3v) is 3.24. The van der Waals surface area contributed by atoms with E-state index in [-0.39, 0.29) is 18.6 Å². The van der Waals surface area contributed by atoms with Crippen LogP contribution in [0.3, 0.4) is 0 Å². The first-order chi connectivity index (χ1) is 8.67. The Kier molecular flexibility index (Phi) is 7.23. The fourth-order valence-corrected chi connectivity index (χ4v) is 2.00. The van der Waals surface area contributed by atoms with E-state index in [0.29, 0.717) is 13.2 Å². The number of piperazine rings is 1. The molecule has 18 heavy (non-hydrogen) atoms. The third-order valence-electron chi connectivity index (χ3n) is 3.24. The Morgan fingerprint density at radius 2 is 1.94 bits per heavy atom. The quantitative estimate of drug-likeness (QED) is 0.669. The Morgan fingerprint density at radius 3 is 2.50 bits per heavy atom. The van der Waals surface area contributed by atoms with Crippen LogP contribution in [0, 0.1) is 0 Å². The van der Waals surface area contributed by atoms with Crippen LogP contribution < -0.4 is 0 Å². The highest BCUT2D eigenvalue weighted by molar-refractivity contribution is 5.77. The maximum Gasteiger partial charge on any atom is 0.248 e. The van der Waals surface area contributed by atoms with Crippen molar-refractivity contribution in [2.45, 2.75) is 32.8 Å². The molecule has 1 atom stereocenters. The van der Waals surface area contributed by atoms with Gasteiger partial charge in [0.15, 0.2) is 0 Å². The van der Waals surface area contributed by atoms with Gasteiger partial charge in [-0.1, -0.05) is 13.8 Å². The molecular weight excluding hydrogens is 232 g/mol. The van der Waals surface area contributed by atoms with Gasteiger partial charge in [-0.2, -0.15) is 0 Å². The smallest absolute Gasteiger partial charge is 0.248 e. The zero-order chi connectivity index (χ0) is 13.4. The van der Waals surface area contributed by atoms with Gasteiger partial charge in [-0.3, -0.25) is 9.69 Å². The molecule has 0 aromatic heterocycles. The van der Waals surface area contributed by atoms with Gasteiger partial charge >= 0.3 is 0 Å². The number of aliphatic hydroxyl groups excluding tert-OH is 1. The fraction of sp³-hybridized carbons (Fsp3) is 0.923. The zero-order valence-electron chi connectivity index (χ0n) is 11.6. The van der Waals surface area contributed by atoms with Gasteiger partial charge in [-0.05, 0) is 12.8 Å². The number of nitrogens with zero attached hydrogens (tertiary/aromatic N) is 2. The van der Waals surface area contributed by atoms with Crippen LogP contribution in [0.15, 0.2) is 0 Å². The van der Waals surface area contributed by atoms with Crippen molar-refractivity contribution in [1.29, 1.82) is 0 Å². The first kappa shape index (κ1) is 15.4. The molecule has 0 bridgehead atoms. The first-order valence-corrected chi connectivity index (χ1v) is 6.93. The van der Waals surface area contributed by atoms with E-state index in [2.05, 4.69) is 4.90 Å². The number of amides is 1. The second-order valence-electron chi connectivity index (χ2n) is 4.80. The van der Waals surface area contributed by atoms with Crippen LogP contribution in [-0.2, 0) is 9.53 Å². The minimum atomic E-state index is -0.250. The highest BCUT2D eigenvalue weighted by Gasteiger charge is 2.21. The molecule has 1 aliphatic rings. The summed E-state index contributed by atoms with van der Waals surface area (Å²) in [6.07, 6.45) is 1.47. The van der Waals surface area contributed by atoms with Gasteiger partial charge in [0.25, 0.3) is 0 Å². The molecule has 0 radical (unpaired) electrons. The highest BCUT2D eigenvalue weighted by atomic mass is 16.5. The molecule has 1 fully saturated rings. The lowest BCUT2D eigenvalue weighted by Gasteiger charge is -2.35. The molecule has 5 heteroatoms. The Morgan fingerprint density at radius 1 is 1.28 bits per heavy atom. The van der Waals surface area contributed by atoms with Gasteiger partial charge < -0.3 is 14.7 Å². The van der Waals surface area contributed by atoms with Gasteiger partial charge in [0.05, 0.1) is 6.10 Å². The molecule has 1 aliphatic heterocycles. The van der Waals surface area contributed by atoms with Crippen LogP contribution in [0.25, 0.3) is 0 Å². The third kappa shape index (κ3) is 5.33. The van der Waals surface area contributed by atoms with E-state index in [1.165, 1.54) is 0 Å². The largest absolute Gasteiger partial charge is 0.392 e. The number of ether oxygens (including phenoxy) is 1. The van der Waals surface area contributed by atoms with E-state index < -0.39 is 0 Å². The summed E-state index contributed by atoms with van der Waals surface area (Å²) in [4.78, 5) is 15.9. The van der Waals surface area contributed by atoms with E-state index >= 15 is 0 Å². The molecule has 0 saturated carbocycles. The van der Waals surface area contributed by atoms with Crippen molar-refractivity contribution in [2.24, 2.45) is 0 Å². The lowest BCUT2D eigenvalue weighted by atomic mass is 10.2. The molecule has 0 aliphatic carbocycles. The number of β-amino-alcohol motifs (C(OH)–C–C–N with tert-alkyl or cyclic N) is 1. The number of carbonyl (C=O) groups excluding carboxylic acids is 1. The van der Waals surface area contributed by atoms with E-state index in [9.17, 15) is 9.90 Å². The molecule has 1 rings (SSSR count). The topological polar surface area (TPSA) is 53.0 Å². The van der Waals surface area contributed by atoms with Crippen LogP contribution in [0.1, 0.15) is 26.7 Å². The first-order valence-electron chi connectivity index (χ1n) is 6.93. The Balaban J connectivity index is 2.20. The number of aliphatic hydroxyl groups is 1. The minimum Gasteiger partial charge on any atom is -0.392 e. The number of rotatable bonds is 7. The molecule has 1 N–H and O–H groups in total. The molecule has 106 valence electrons. The van der Waals surface area contributed by atoms with Gasteiger partial charge in [0, 0.05) is 39.3 Å². The van der Waals surface area contributed by atoms with Gasteiger partial charge in [0.2, 0.25) is 5.91 Å². The Labute approximate surface area is 110 Å². The average molecular weight is 258 g/mol. The van der Waals surface area contributed by atoms with E-state index in [4.69, 9.17) is 4.74 Å². The molecule has 5 nitrogen and oxygen atoms in total. The van der Waals surface area contributed by atoms with Crippen LogP contribution >= 0.6 is 0 Å².